The van der Waals surface area contributed by atoms with E-state index in [2.05, 4.69) is 12.6 Å². The monoisotopic (exact) mass is 403 g/mol. The van der Waals surface area contributed by atoms with Crippen molar-refractivity contribution in [2.75, 3.05) is 5.75 Å². The first-order chi connectivity index (χ1) is 12.5. The van der Waals surface area contributed by atoms with Crippen molar-refractivity contribution in [3.63, 3.8) is 0 Å². The standard InChI is InChI=1S/C9H11NO3.C7H14N2O4S/c10-8(9(12)13)5-6-1-3-7(11)4-2-6;1-3(5(9)6(10)11)13-7(12)4(8)2-14/h1-4,8,11H,5,10H2,(H,12,13);3-5,14H,2,8-9H2,1H3,(H,10,11)/t8-;3-,4+,5+/m01/s1. The average Bonchev–Trinajstić information content (AvgIpc) is 2.62. The van der Waals surface area contributed by atoms with Crippen LogP contribution in [0.5, 0.6) is 5.75 Å². The highest BCUT2D eigenvalue weighted by Crippen LogP contribution is 2.10. The topological polar surface area (TPSA) is 199 Å². The van der Waals surface area contributed by atoms with Crippen LogP contribution in [0.4, 0.5) is 0 Å². The van der Waals surface area contributed by atoms with Crippen LogP contribution in [-0.4, -0.2) is 63.2 Å². The molecule has 0 unspecified atom stereocenters. The largest absolute Gasteiger partial charge is 0.508 e. The number of carbonyl (C=O) groups is 3. The minimum Gasteiger partial charge on any atom is -0.508 e. The molecule has 9 N–H and O–H groups in total. The first kappa shape index (κ1) is 24.7. The van der Waals surface area contributed by atoms with Gasteiger partial charge >= 0.3 is 17.9 Å². The van der Waals surface area contributed by atoms with Gasteiger partial charge in [0.1, 0.15) is 30.0 Å². The van der Waals surface area contributed by atoms with Gasteiger partial charge in [-0.15, -0.1) is 0 Å². The van der Waals surface area contributed by atoms with Gasteiger partial charge in [-0.2, -0.15) is 12.6 Å². The molecule has 0 bridgehead atoms. The van der Waals surface area contributed by atoms with Crippen molar-refractivity contribution in [3.05, 3.63) is 29.8 Å². The van der Waals surface area contributed by atoms with Crippen molar-refractivity contribution in [3.8, 4) is 5.75 Å². The minimum atomic E-state index is -1.24. The van der Waals surface area contributed by atoms with Gasteiger partial charge in [0.2, 0.25) is 0 Å². The summed E-state index contributed by atoms with van der Waals surface area (Å²) >= 11 is 3.80. The molecule has 0 aromatic heterocycles. The molecular weight excluding hydrogens is 378 g/mol. The number of ether oxygens (including phenoxy) is 1. The summed E-state index contributed by atoms with van der Waals surface area (Å²) in [5, 5.41) is 26.0. The summed E-state index contributed by atoms with van der Waals surface area (Å²) in [5.41, 5.74) is 16.6. The van der Waals surface area contributed by atoms with E-state index in [1.807, 2.05) is 0 Å². The molecule has 0 saturated heterocycles. The lowest BCUT2D eigenvalue weighted by atomic mass is 10.1. The maximum absolute atomic E-state index is 11.1. The fraction of sp³-hybridized carbons (Fsp3) is 0.438. The van der Waals surface area contributed by atoms with Gasteiger partial charge in [-0.25, -0.2) is 0 Å². The second kappa shape index (κ2) is 12.1. The average molecular weight is 403 g/mol. The summed E-state index contributed by atoms with van der Waals surface area (Å²) in [7, 11) is 0. The van der Waals surface area contributed by atoms with Gasteiger partial charge in [-0.3, -0.25) is 14.4 Å². The number of benzene rings is 1. The Morgan fingerprint density at radius 2 is 1.56 bits per heavy atom. The van der Waals surface area contributed by atoms with E-state index in [1.54, 1.807) is 12.1 Å². The van der Waals surface area contributed by atoms with Gasteiger partial charge < -0.3 is 37.3 Å². The van der Waals surface area contributed by atoms with Crippen LogP contribution in [0.3, 0.4) is 0 Å². The lowest BCUT2D eigenvalue weighted by Gasteiger charge is -2.18. The number of nitrogens with two attached hydrogens (primary N) is 3. The number of aromatic hydroxyl groups is 1. The molecule has 0 fully saturated rings. The second-order valence-corrected chi connectivity index (χ2v) is 5.98. The molecule has 11 heteroatoms. The SMILES string of the molecule is C[C@@H](OC(=O)[C@@H](N)CS)[C@H](N)C(=O)O.N[C@@H](Cc1ccc(O)cc1)C(=O)O. The molecule has 0 aliphatic carbocycles. The van der Waals surface area contributed by atoms with Gasteiger partial charge in [0.25, 0.3) is 0 Å². The Hall–Kier alpha value is -2.34. The van der Waals surface area contributed by atoms with E-state index in [0.29, 0.717) is 0 Å². The number of phenols is 1. The highest BCUT2D eigenvalue weighted by atomic mass is 32.1. The van der Waals surface area contributed by atoms with E-state index in [1.165, 1.54) is 19.1 Å². The molecule has 4 atom stereocenters. The molecule has 0 radical (unpaired) electrons. The zero-order chi connectivity index (χ0) is 21.1. The van der Waals surface area contributed by atoms with Crippen LogP contribution in [0.2, 0.25) is 0 Å². The van der Waals surface area contributed by atoms with Crippen molar-refractivity contribution < 1.29 is 34.4 Å². The van der Waals surface area contributed by atoms with Crippen LogP contribution >= 0.6 is 12.6 Å². The van der Waals surface area contributed by atoms with E-state index in [4.69, 9.17) is 37.3 Å². The third-order valence-electron chi connectivity index (χ3n) is 3.30. The maximum Gasteiger partial charge on any atom is 0.324 e. The van der Waals surface area contributed by atoms with Crippen molar-refractivity contribution in [1.82, 2.24) is 0 Å². The molecule has 0 spiro atoms. The normalized spacial score (nSPS) is 14.7. The van der Waals surface area contributed by atoms with Crippen molar-refractivity contribution in [2.45, 2.75) is 37.6 Å². The molecule has 152 valence electrons. The highest BCUT2D eigenvalue weighted by molar-refractivity contribution is 7.80. The third-order valence-corrected chi connectivity index (χ3v) is 3.69. The Balaban J connectivity index is 0.000000501. The number of thiol groups is 1. The van der Waals surface area contributed by atoms with Crippen molar-refractivity contribution in [1.29, 1.82) is 0 Å². The molecule has 0 aliphatic heterocycles. The number of rotatable bonds is 8. The van der Waals surface area contributed by atoms with Gasteiger partial charge in [0, 0.05) is 5.75 Å². The van der Waals surface area contributed by atoms with Crippen LogP contribution in [0, 0.1) is 0 Å². The van der Waals surface area contributed by atoms with Gasteiger partial charge in [-0.05, 0) is 31.0 Å². The summed E-state index contributed by atoms with van der Waals surface area (Å²) in [4.78, 5) is 31.9. The third kappa shape index (κ3) is 9.80. The Morgan fingerprint density at radius 1 is 1.04 bits per heavy atom. The molecule has 10 nitrogen and oxygen atoms in total. The summed E-state index contributed by atoms with van der Waals surface area (Å²) in [6.07, 6.45) is -0.638. The van der Waals surface area contributed by atoms with Gasteiger partial charge in [0.05, 0.1) is 0 Å². The molecule has 27 heavy (non-hydrogen) atoms. The van der Waals surface area contributed by atoms with E-state index < -0.39 is 42.1 Å². The zero-order valence-corrected chi connectivity index (χ0v) is 15.6. The Labute approximate surface area is 161 Å². The number of carbonyl (C=O) groups excluding carboxylic acids is 1. The molecule has 0 amide bonds. The lowest BCUT2D eigenvalue weighted by molar-refractivity contribution is -0.154. The van der Waals surface area contributed by atoms with E-state index >= 15 is 0 Å². The predicted molar refractivity (Wildman–Crippen MR) is 100 cm³/mol. The second-order valence-electron chi connectivity index (χ2n) is 5.61. The first-order valence-electron chi connectivity index (χ1n) is 7.81. The number of hydrogen-bond donors (Lipinski definition) is 7. The Kier molecular flexibility index (Phi) is 11.1. The van der Waals surface area contributed by atoms with Crippen LogP contribution < -0.4 is 17.2 Å². The van der Waals surface area contributed by atoms with Gasteiger partial charge in [-0.1, -0.05) is 12.1 Å². The summed E-state index contributed by atoms with van der Waals surface area (Å²) in [6.45, 7) is 1.39. The molecule has 0 heterocycles. The first-order valence-corrected chi connectivity index (χ1v) is 8.44. The summed E-state index contributed by atoms with van der Waals surface area (Å²) < 4.78 is 4.71. The Bertz CT molecular complexity index is 627. The summed E-state index contributed by atoms with van der Waals surface area (Å²) in [6, 6.07) is 3.32. The molecule has 1 rings (SSSR count). The minimum absolute atomic E-state index is 0.133. The van der Waals surface area contributed by atoms with Crippen LogP contribution in [0.1, 0.15) is 12.5 Å². The van der Waals surface area contributed by atoms with E-state index in [-0.39, 0.29) is 17.9 Å². The van der Waals surface area contributed by atoms with Crippen molar-refractivity contribution in [2.24, 2.45) is 17.2 Å². The zero-order valence-electron chi connectivity index (χ0n) is 14.7. The van der Waals surface area contributed by atoms with Crippen molar-refractivity contribution >= 4 is 30.5 Å². The fourth-order valence-electron chi connectivity index (χ4n) is 1.59. The molecule has 1 aromatic carbocycles. The van der Waals surface area contributed by atoms with Crippen LogP contribution in [0.25, 0.3) is 0 Å². The Morgan fingerprint density at radius 3 is 1.96 bits per heavy atom. The number of aliphatic carboxylic acids is 2. The fourth-order valence-corrected chi connectivity index (χ4v) is 1.74. The number of hydrogen-bond acceptors (Lipinski definition) is 9. The number of carboxylic acid groups (broad SMARTS) is 2. The molecule has 1 aromatic rings. The molecule has 0 saturated carbocycles. The van der Waals surface area contributed by atoms with E-state index in [0.717, 1.165) is 5.56 Å². The predicted octanol–water partition coefficient (Wildman–Crippen LogP) is -1.07. The van der Waals surface area contributed by atoms with Gasteiger partial charge in [0.15, 0.2) is 0 Å². The molecule has 0 aliphatic rings. The quantitative estimate of drug-likeness (QED) is 0.207. The molecular formula is C16H25N3O7S. The summed E-state index contributed by atoms with van der Waals surface area (Å²) in [5.74, 6) is -2.66. The number of phenolic OH excluding ortho intramolecular Hbond substituents is 1. The lowest BCUT2D eigenvalue weighted by Crippen LogP contribution is -2.45. The number of esters is 1. The number of carboxylic acids is 2. The van der Waals surface area contributed by atoms with Crippen LogP contribution in [0.15, 0.2) is 24.3 Å². The smallest absolute Gasteiger partial charge is 0.324 e. The highest BCUT2D eigenvalue weighted by Gasteiger charge is 2.25. The maximum atomic E-state index is 11.1. The van der Waals surface area contributed by atoms with E-state index in [9.17, 15) is 14.4 Å². The van der Waals surface area contributed by atoms with Crippen LogP contribution in [-0.2, 0) is 25.5 Å².